The first-order chi connectivity index (χ1) is 9.47. The lowest BCUT2D eigenvalue weighted by molar-refractivity contribution is 0.0950. The van der Waals surface area contributed by atoms with Crippen LogP contribution in [0, 0.1) is 18.6 Å². The highest BCUT2D eigenvalue weighted by Crippen LogP contribution is 2.18. The van der Waals surface area contributed by atoms with Crippen molar-refractivity contribution in [2.75, 3.05) is 0 Å². The summed E-state index contributed by atoms with van der Waals surface area (Å²) in [4.78, 5) is 12.0. The Kier molecular flexibility index (Phi) is 4.49. The van der Waals surface area contributed by atoms with Gasteiger partial charge in [-0.2, -0.15) is 0 Å². The van der Waals surface area contributed by atoms with Crippen LogP contribution in [0.15, 0.2) is 40.9 Å². The molecule has 0 aromatic heterocycles. The number of hydrogen-bond acceptors (Lipinski definition) is 1. The molecule has 0 heterocycles. The summed E-state index contributed by atoms with van der Waals surface area (Å²) in [6, 6.07) is 8.23. The molecule has 20 heavy (non-hydrogen) atoms. The highest BCUT2D eigenvalue weighted by molar-refractivity contribution is 9.10. The zero-order chi connectivity index (χ0) is 14.7. The molecular weight excluding hydrogens is 328 g/mol. The largest absolute Gasteiger partial charge is 0.348 e. The fourth-order valence-corrected chi connectivity index (χ4v) is 2.22. The summed E-state index contributed by atoms with van der Waals surface area (Å²) >= 11 is 3.29. The van der Waals surface area contributed by atoms with E-state index in [4.69, 9.17) is 0 Å². The molecule has 2 rings (SSSR count). The molecule has 1 amide bonds. The summed E-state index contributed by atoms with van der Waals surface area (Å²) in [6.45, 7) is 1.85. The maximum Gasteiger partial charge on any atom is 0.251 e. The van der Waals surface area contributed by atoms with E-state index in [2.05, 4.69) is 21.2 Å². The molecule has 0 aliphatic carbocycles. The number of carbonyl (C=O) groups is 1. The van der Waals surface area contributed by atoms with Crippen molar-refractivity contribution in [3.63, 3.8) is 0 Å². The highest BCUT2D eigenvalue weighted by atomic mass is 79.9. The predicted octanol–water partition coefficient (Wildman–Crippen LogP) is 3.97. The standard InChI is InChI=1S/C15H12BrF2NO/c1-9-6-11(17)2-4-13(9)15(20)19-8-10-7-12(18)3-5-14(10)16/h2-7H,8H2,1H3,(H,19,20). The topological polar surface area (TPSA) is 29.1 Å². The molecule has 0 spiro atoms. The van der Waals surface area contributed by atoms with Gasteiger partial charge >= 0.3 is 0 Å². The van der Waals surface area contributed by atoms with Gasteiger partial charge in [-0.25, -0.2) is 8.78 Å². The van der Waals surface area contributed by atoms with Crippen molar-refractivity contribution in [1.29, 1.82) is 0 Å². The molecule has 0 aliphatic heterocycles. The summed E-state index contributed by atoms with van der Waals surface area (Å²) < 4.78 is 26.8. The second-order valence-corrected chi connectivity index (χ2v) is 5.23. The summed E-state index contributed by atoms with van der Waals surface area (Å²) in [7, 11) is 0. The molecule has 0 saturated carbocycles. The van der Waals surface area contributed by atoms with Gasteiger partial charge in [0.15, 0.2) is 0 Å². The van der Waals surface area contributed by atoms with E-state index in [0.29, 0.717) is 16.7 Å². The molecule has 2 nitrogen and oxygen atoms in total. The number of carbonyl (C=O) groups excluding carboxylic acids is 1. The van der Waals surface area contributed by atoms with Crippen LogP contribution in [0.3, 0.4) is 0 Å². The van der Waals surface area contributed by atoms with Gasteiger partial charge in [-0.05, 0) is 54.4 Å². The minimum atomic E-state index is -0.382. The second-order valence-electron chi connectivity index (χ2n) is 4.38. The van der Waals surface area contributed by atoms with E-state index in [1.807, 2.05) is 0 Å². The molecule has 0 atom stereocenters. The van der Waals surface area contributed by atoms with E-state index in [1.54, 1.807) is 13.0 Å². The molecule has 0 radical (unpaired) electrons. The zero-order valence-electron chi connectivity index (χ0n) is 10.7. The first kappa shape index (κ1) is 14.7. The Labute approximate surface area is 123 Å². The third-order valence-corrected chi connectivity index (χ3v) is 3.65. The van der Waals surface area contributed by atoms with Crippen LogP contribution < -0.4 is 5.32 Å². The van der Waals surface area contributed by atoms with E-state index in [1.165, 1.54) is 30.3 Å². The van der Waals surface area contributed by atoms with Crippen molar-refractivity contribution >= 4 is 21.8 Å². The Balaban J connectivity index is 2.10. The van der Waals surface area contributed by atoms with Gasteiger partial charge in [0.05, 0.1) is 0 Å². The van der Waals surface area contributed by atoms with Crippen molar-refractivity contribution in [1.82, 2.24) is 5.32 Å². The van der Waals surface area contributed by atoms with Gasteiger partial charge < -0.3 is 5.32 Å². The van der Waals surface area contributed by atoms with Crippen LogP contribution in [0.25, 0.3) is 0 Å². The van der Waals surface area contributed by atoms with Gasteiger partial charge in [-0.3, -0.25) is 4.79 Å². The van der Waals surface area contributed by atoms with Gasteiger partial charge in [-0.1, -0.05) is 15.9 Å². The van der Waals surface area contributed by atoms with Crippen LogP contribution in [0.4, 0.5) is 8.78 Å². The van der Waals surface area contributed by atoms with Crippen LogP contribution in [0.5, 0.6) is 0 Å². The number of amides is 1. The number of hydrogen-bond donors (Lipinski definition) is 1. The summed E-state index contributed by atoms with van der Waals surface area (Å²) in [6.07, 6.45) is 0. The van der Waals surface area contributed by atoms with Gasteiger partial charge in [0.2, 0.25) is 0 Å². The van der Waals surface area contributed by atoms with Crippen LogP contribution in [-0.2, 0) is 6.54 Å². The smallest absolute Gasteiger partial charge is 0.251 e. The average molecular weight is 340 g/mol. The predicted molar refractivity (Wildman–Crippen MR) is 76.4 cm³/mol. The average Bonchev–Trinajstić information content (AvgIpc) is 2.39. The number of halogens is 3. The summed E-state index contributed by atoms with van der Waals surface area (Å²) in [5.41, 5.74) is 1.60. The van der Waals surface area contributed by atoms with E-state index < -0.39 is 0 Å². The Morgan fingerprint density at radius 2 is 1.80 bits per heavy atom. The normalized spacial score (nSPS) is 10.4. The lowest BCUT2D eigenvalue weighted by Crippen LogP contribution is -2.23. The van der Waals surface area contributed by atoms with Gasteiger partial charge in [-0.15, -0.1) is 0 Å². The van der Waals surface area contributed by atoms with Crippen molar-refractivity contribution < 1.29 is 13.6 Å². The Morgan fingerprint density at radius 1 is 1.15 bits per heavy atom. The van der Waals surface area contributed by atoms with Gasteiger partial charge in [0.1, 0.15) is 11.6 Å². The van der Waals surface area contributed by atoms with Gasteiger partial charge in [0.25, 0.3) is 5.91 Å². The molecule has 1 N–H and O–H groups in total. The Morgan fingerprint density at radius 3 is 2.50 bits per heavy atom. The van der Waals surface area contributed by atoms with E-state index in [9.17, 15) is 13.6 Å². The van der Waals surface area contributed by atoms with Crippen LogP contribution in [0.1, 0.15) is 21.5 Å². The quantitative estimate of drug-likeness (QED) is 0.900. The Hall–Kier alpha value is -1.75. The van der Waals surface area contributed by atoms with Gasteiger partial charge in [0, 0.05) is 16.6 Å². The van der Waals surface area contributed by atoms with E-state index in [0.717, 1.165) is 4.47 Å². The monoisotopic (exact) mass is 339 g/mol. The number of benzene rings is 2. The molecule has 0 unspecified atom stereocenters. The zero-order valence-corrected chi connectivity index (χ0v) is 12.3. The number of aryl methyl sites for hydroxylation is 1. The molecule has 0 fully saturated rings. The maximum absolute atomic E-state index is 13.1. The lowest BCUT2D eigenvalue weighted by Gasteiger charge is -2.09. The van der Waals surface area contributed by atoms with Crippen molar-refractivity contribution in [3.05, 3.63) is 69.2 Å². The lowest BCUT2D eigenvalue weighted by atomic mass is 10.1. The first-order valence-electron chi connectivity index (χ1n) is 5.95. The van der Waals surface area contributed by atoms with Crippen molar-refractivity contribution in [2.24, 2.45) is 0 Å². The molecule has 2 aromatic carbocycles. The SMILES string of the molecule is Cc1cc(F)ccc1C(=O)NCc1cc(F)ccc1Br. The Bertz CT molecular complexity index is 658. The van der Waals surface area contributed by atoms with Crippen molar-refractivity contribution in [3.8, 4) is 0 Å². The molecular formula is C15H12BrF2NO. The van der Waals surface area contributed by atoms with Crippen LogP contribution in [-0.4, -0.2) is 5.91 Å². The molecule has 0 bridgehead atoms. The molecule has 0 saturated heterocycles. The molecule has 104 valence electrons. The third kappa shape index (κ3) is 3.42. The van der Waals surface area contributed by atoms with Crippen LogP contribution in [0.2, 0.25) is 0 Å². The molecule has 0 aliphatic rings. The van der Waals surface area contributed by atoms with E-state index in [-0.39, 0.29) is 24.1 Å². The van der Waals surface area contributed by atoms with Crippen LogP contribution >= 0.6 is 15.9 Å². The fourth-order valence-electron chi connectivity index (χ4n) is 1.83. The first-order valence-corrected chi connectivity index (χ1v) is 6.75. The maximum atomic E-state index is 13.1. The fraction of sp³-hybridized carbons (Fsp3) is 0.133. The summed E-state index contributed by atoms with van der Waals surface area (Å²) in [5.74, 6) is -1.07. The summed E-state index contributed by atoms with van der Waals surface area (Å²) in [5, 5.41) is 2.69. The minimum Gasteiger partial charge on any atom is -0.348 e. The second kappa shape index (κ2) is 6.13. The number of nitrogens with one attached hydrogen (secondary N) is 1. The third-order valence-electron chi connectivity index (χ3n) is 2.88. The van der Waals surface area contributed by atoms with Crippen molar-refractivity contribution in [2.45, 2.75) is 13.5 Å². The number of rotatable bonds is 3. The highest BCUT2D eigenvalue weighted by Gasteiger charge is 2.10. The van der Waals surface area contributed by atoms with E-state index >= 15 is 0 Å². The molecule has 5 heteroatoms. The minimum absolute atomic E-state index is 0.188. The molecule has 2 aromatic rings.